The zero-order valence-electron chi connectivity index (χ0n) is 11.8. The van der Waals surface area contributed by atoms with Gasteiger partial charge in [-0.1, -0.05) is 0 Å². The predicted octanol–water partition coefficient (Wildman–Crippen LogP) is -0.475. The lowest BCUT2D eigenvalue weighted by atomic mass is 9.89. The van der Waals surface area contributed by atoms with Gasteiger partial charge in [0.05, 0.1) is 12.7 Å². The van der Waals surface area contributed by atoms with Gasteiger partial charge in [0, 0.05) is 44.0 Å². The number of ether oxygens (including phenoxy) is 1. The van der Waals surface area contributed by atoms with Crippen molar-refractivity contribution in [2.75, 3.05) is 20.3 Å². The Kier molecular flexibility index (Phi) is 5.42. The largest absolute Gasteiger partial charge is 0.396 e. The summed E-state index contributed by atoms with van der Waals surface area (Å²) in [5.41, 5.74) is 6.97. The maximum Gasteiger partial charge on any atom is 0.130 e. The van der Waals surface area contributed by atoms with Gasteiger partial charge in [0.1, 0.15) is 5.82 Å². The summed E-state index contributed by atoms with van der Waals surface area (Å²) in [7, 11) is 1.65. The van der Waals surface area contributed by atoms with Crippen LogP contribution >= 0.6 is 0 Å². The summed E-state index contributed by atoms with van der Waals surface area (Å²) in [6.07, 6.45) is 3.09. The Balaban J connectivity index is 2.05. The SMILES string of the molecule is COCCc1nccc(C[C@@H]2[C@@H](CO)[C@H](O)C[C@H]2N)n1. The first-order valence-corrected chi connectivity index (χ1v) is 7.00. The quantitative estimate of drug-likeness (QED) is 0.651. The van der Waals surface area contributed by atoms with Crippen LogP contribution < -0.4 is 5.73 Å². The second-order valence-corrected chi connectivity index (χ2v) is 5.39. The van der Waals surface area contributed by atoms with Crippen LogP contribution in [0.25, 0.3) is 0 Å². The van der Waals surface area contributed by atoms with Crippen molar-refractivity contribution in [3.05, 3.63) is 23.8 Å². The molecule has 1 aliphatic rings. The molecule has 1 fully saturated rings. The second kappa shape index (κ2) is 7.08. The Bertz CT molecular complexity index is 430. The summed E-state index contributed by atoms with van der Waals surface area (Å²) < 4.78 is 5.02. The Morgan fingerprint density at radius 2 is 2.25 bits per heavy atom. The number of rotatable bonds is 6. The molecule has 0 saturated heterocycles. The second-order valence-electron chi connectivity index (χ2n) is 5.39. The fourth-order valence-corrected chi connectivity index (χ4v) is 2.90. The Hall–Kier alpha value is -1.08. The number of hydrogen-bond donors (Lipinski definition) is 3. The summed E-state index contributed by atoms with van der Waals surface area (Å²) >= 11 is 0. The van der Waals surface area contributed by atoms with E-state index >= 15 is 0 Å². The van der Waals surface area contributed by atoms with Gasteiger partial charge >= 0.3 is 0 Å². The molecule has 6 nitrogen and oxygen atoms in total. The highest BCUT2D eigenvalue weighted by atomic mass is 16.5. The van der Waals surface area contributed by atoms with Crippen LogP contribution in [0.3, 0.4) is 0 Å². The van der Waals surface area contributed by atoms with Crippen LogP contribution in [0, 0.1) is 11.8 Å². The van der Waals surface area contributed by atoms with Gasteiger partial charge in [-0.3, -0.25) is 0 Å². The van der Waals surface area contributed by atoms with E-state index in [0.29, 0.717) is 25.9 Å². The molecule has 0 aromatic carbocycles. The normalized spacial score (nSPS) is 29.8. The molecule has 4 atom stereocenters. The zero-order chi connectivity index (χ0) is 14.5. The highest BCUT2D eigenvalue weighted by molar-refractivity contribution is 5.07. The van der Waals surface area contributed by atoms with Gasteiger partial charge in [0.15, 0.2) is 0 Å². The molecule has 1 aliphatic carbocycles. The number of methoxy groups -OCH3 is 1. The smallest absolute Gasteiger partial charge is 0.130 e. The molecule has 1 aromatic rings. The zero-order valence-corrected chi connectivity index (χ0v) is 11.8. The van der Waals surface area contributed by atoms with Crippen molar-refractivity contribution >= 4 is 0 Å². The van der Waals surface area contributed by atoms with Gasteiger partial charge in [-0.15, -0.1) is 0 Å². The van der Waals surface area contributed by atoms with E-state index in [1.54, 1.807) is 13.3 Å². The lowest BCUT2D eigenvalue weighted by Crippen LogP contribution is -2.31. The van der Waals surface area contributed by atoms with Crippen molar-refractivity contribution in [2.24, 2.45) is 17.6 Å². The van der Waals surface area contributed by atoms with Crippen molar-refractivity contribution in [3.8, 4) is 0 Å². The molecule has 0 amide bonds. The molecule has 0 aliphatic heterocycles. The minimum absolute atomic E-state index is 0.0405. The maximum atomic E-state index is 9.89. The summed E-state index contributed by atoms with van der Waals surface area (Å²) in [5, 5.41) is 19.3. The van der Waals surface area contributed by atoms with Crippen molar-refractivity contribution in [3.63, 3.8) is 0 Å². The van der Waals surface area contributed by atoms with Crippen molar-refractivity contribution in [2.45, 2.75) is 31.4 Å². The highest BCUT2D eigenvalue weighted by Gasteiger charge is 2.40. The molecule has 1 saturated carbocycles. The molecule has 1 aromatic heterocycles. The van der Waals surface area contributed by atoms with Gasteiger partial charge in [-0.25, -0.2) is 9.97 Å². The molecule has 6 heteroatoms. The molecule has 0 unspecified atom stereocenters. The monoisotopic (exact) mass is 281 g/mol. The van der Waals surface area contributed by atoms with Crippen LogP contribution in [0.5, 0.6) is 0 Å². The molecule has 0 spiro atoms. The molecule has 4 N–H and O–H groups in total. The number of nitrogens with zero attached hydrogens (tertiary/aromatic N) is 2. The molecular weight excluding hydrogens is 258 g/mol. The molecule has 20 heavy (non-hydrogen) atoms. The van der Waals surface area contributed by atoms with Gasteiger partial charge in [0.2, 0.25) is 0 Å². The summed E-state index contributed by atoms with van der Waals surface area (Å²) in [4.78, 5) is 8.70. The fraction of sp³-hybridized carbons (Fsp3) is 0.714. The van der Waals surface area contributed by atoms with Gasteiger partial charge in [0.25, 0.3) is 0 Å². The Morgan fingerprint density at radius 1 is 1.45 bits per heavy atom. The summed E-state index contributed by atoms with van der Waals surface area (Å²) in [6.45, 7) is 0.547. The van der Waals surface area contributed by atoms with E-state index in [9.17, 15) is 10.2 Å². The highest BCUT2D eigenvalue weighted by Crippen LogP contribution is 2.33. The van der Waals surface area contributed by atoms with Crippen LogP contribution in [0.1, 0.15) is 17.9 Å². The Morgan fingerprint density at radius 3 is 2.95 bits per heavy atom. The van der Waals surface area contributed by atoms with E-state index in [1.807, 2.05) is 6.07 Å². The minimum Gasteiger partial charge on any atom is -0.396 e. The molecule has 2 rings (SSSR count). The number of aliphatic hydroxyl groups is 2. The lowest BCUT2D eigenvalue weighted by Gasteiger charge is -2.21. The van der Waals surface area contributed by atoms with Crippen LogP contribution in [-0.2, 0) is 17.6 Å². The van der Waals surface area contributed by atoms with Crippen LogP contribution in [0.4, 0.5) is 0 Å². The molecule has 112 valence electrons. The first-order valence-electron chi connectivity index (χ1n) is 7.00. The third-order valence-electron chi connectivity index (χ3n) is 4.06. The maximum absolute atomic E-state index is 9.89. The number of nitrogens with two attached hydrogens (primary N) is 1. The van der Waals surface area contributed by atoms with E-state index in [4.69, 9.17) is 10.5 Å². The van der Waals surface area contributed by atoms with E-state index in [1.165, 1.54) is 0 Å². The third-order valence-corrected chi connectivity index (χ3v) is 4.06. The third kappa shape index (κ3) is 3.52. The molecule has 0 radical (unpaired) electrons. The average Bonchev–Trinajstić information content (AvgIpc) is 2.71. The van der Waals surface area contributed by atoms with Crippen molar-refractivity contribution < 1.29 is 14.9 Å². The first kappa shape index (κ1) is 15.3. The van der Waals surface area contributed by atoms with E-state index < -0.39 is 6.10 Å². The molecule has 0 bridgehead atoms. The first-order chi connectivity index (χ1) is 9.65. The summed E-state index contributed by atoms with van der Waals surface area (Å²) in [6, 6.07) is 1.77. The summed E-state index contributed by atoms with van der Waals surface area (Å²) in [5.74, 6) is 0.639. The van der Waals surface area contributed by atoms with Crippen LogP contribution in [-0.4, -0.2) is 52.7 Å². The standard InChI is InChI=1S/C14H23N3O3/c1-20-5-3-14-16-4-2-9(17-14)6-10-11(8-18)13(19)7-12(10)15/h2,4,10-13,18-19H,3,5-8,15H2,1H3/t10-,11-,12-,13-/m1/s1. The van der Waals surface area contributed by atoms with Gasteiger partial charge in [-0.05, 0) is 24.8 Å². The number of hydrogen-bond acceptors (Lipinski definition) is 6. The topological polar surface area (TPSA) is 101 Å². The van der Waals surface area contributed by atoms with Crippen molar-refractivity contribution in [1.29, 1.82) is 0 Å². The Labute approximate surface area is 119 Å². The van der Waals surface area contributed by atoms with Crippen LogP contribution in [0.15, 0.2) is 12.3 Å². The number of aliphatic hydroxyl groups excluding tert-OH is 2. The molecule has 1 heterocycles. The van der Waals surface area contributed by atoms with Gasteiger partial charge in [-0.2, -0.15) is 0 Å². The minimum atomic E-state index is -0.519. The average molecular weight is 281 g/mol. The fourth-order valence-electron chi connectivity index (χ4n) is 2.90. The van der Waals surface area contributed by atoms with E-state index in [2.05, 4.69) is 9.97 Å². The van der Waals surface area contributed by atoms with E-state index in [0.717, 1.165) is 11.5 Å². The van der Waals surface area contributed by atoms with Crippen LogP contribution in [0.2, 0.25) is 0 Å². The lowest BCUT2D eigenvalue weighted by molar-refractivity contribution is 0.0718. The van der Waals surface area contributed by atoms with E-state index in [-0.39, 0.29) is 24.5 Å². The molecular formula is C14H23N3O3. The van der Waals surface area contributed by atoms with Gasteiger partial charge < -0.3 is 20.7 Å². The van der Waals surface area contributed by atoms with Crippen molar-refractivity contribution in [1.82, 2.24) is 9.97 Å². The number of aromatic nitrogens is 2. The predicted molar refractivity (Wildman–Crippen MR) is 74.0 cm³/mol.